The van der Waals surface area contributed by atoms with Gasteiger partial charge in [0.05, 0.1) is 0 Å². The molecule has 4 heteroatoms. The molecule has 2 N–H and O–H groups in total. The van der Waals surface area contributed by atoms with Gasteiger partial charge in [-0.15, -0.1) is 0 Å². The molecule has 4 nitrogen and oxygen atoms in total. The maximum atomic E-state index is 12.4. The van der Waals surface area contributed by atoms with Gasteiger partial charge in [0.25, 0.3) is 0 Å². The molecule has 1 unspecified atom stereocenters. The van der Waals surface area contributed by atoms with Crippen molar-refractivity contribution in [1.29, 1.82) is 0 Å². The molecule has 0 heterocycles. The zero-order chi connectivity index (χ0) is 42.8. The Labute approximate surface area is 372 Å². The van der Waals surface area contributed by atoms with Gasteiger partial charge in [0, 0.05) is 25.4 Å². The van der Waals surface area contributed by atoms with Crippen LogP contribution in [0.25, 0.3) is 0 Å². The molecule has 0 rings (SSSR count). The number of amides is 2. The molecule has 0 aromatic rings. The number of nitrogens with one attached hydrogen (secondary N) is 2. The van der Waals surface area contributed by atoms with Gasteiger partial charge >= 0.3 is 0 Å². The van der Waals surface area contributed by atoms with Gasteiger partial charge in [0.1, 0.15) is 0 Å². The first-order valence-corrected chi connectivity index (χ1v) is 27.7. The first-order chi connectivity index (χ1) is 29.1. The predicted molar refractivity (Wildman–Crippen MR) is 264 cm³/mol. The summed E-state index contributed by atoms with van der Waals surface area (Å²) in [6.07, 6.45) is 65.0. The Bertz CT molecular complexity index is 815. The Hall–Kier alpha value is -1.06. The van der Waals surface area contributed by atoms with Crippen LogP contribution in [0.15, 0.2) is 0 Å². The summed E-state index contributed by atoms with van der Waals surface area (Å²) in [7, 11) is 0. The van der Waals surface area contributed by atoms with Gasteiger partial charge in [-0.3, -0.25) is 9.59 Å². The molecule has 0 radical (unpaired) electrons. The third-order valence-corrected chi connectivity index (χ3v) is 13.0. The number of carbonyl (C=O) groups is 2. The van der Waals surface area contributed by atoms with E-state index in [4.69, 9.17) is 0 Å². The molecule has 0 fully saturated rings. The Morgan fingerprint density at radius 3 is 0.695 bits per heavy atom. The Kier molecular flexibility index (Phi) is 50.4. The van der Waals surface area contributed by atoms with Crippen LogP contribution in [-0.4, -0.2) is 24.4 Å². The summed E-state index contributed by atoms with van der Waals surface area (Å²) >= 11 is 0. The Morgan fingerprint density at radius 2 is 0.475 bits per heavy atom. The molecule has 0 saturated heterocycles. The third-order valence-electron chi connectivity index (χ3n) is 13.0. The van der Waals surface area contributed by atoms with E-state index in [9.17, 15) is 9.59 Å². The average molecular weight is 831 g/mol. The van der Waals surface area contributed by atoms with E-state index in [1.165, 1.54) is 270 Å². The number of carbonyl (C=O) groups excluding carboxylic acids is 2. The van der Waals surface area contributed by atoms with Gasteiger partial charge in [-0.1, -0.05) is 296 Å². The molecule has 0 aliphatic heterocycles. The molecule has 0 saturated carbocycles. The maximum absolute atomic E-state index is 12.4. The largest absolute Gasteiger partial charge is 0.354 e. The van der Waals surface area contributed by atoms with Crippen molar-refractivity contribution in [2.75, 3.05) is 6.54 Å². The van der Waals surface area contributed by atoms with Gasteiger partial charge in [-0.2, -0.15) is 0 Å². The van der Waals surface area contributed by atoms with E-state index in [0.717, 1.165) is 25.7 Å². The summed E-state index contributed by atoms with van der Waals surface area (Å²) in [6.45, 7) is 7.13. The minimum Gasteiger partial charge on any atom is -0.354 e. The molecule has 0 aliphatic rings. The topological polar surface area (TPSA) is 58.2 Å². The molecule has 0 spiro atoms. The van der Waals surface area contributed by atoms with Crippen molar-refractivity contribution < 1.29 is 9.59 Å². The van der Waals surface area contributed by atoms with Crippen LogP contribution in [0.1, 0.15) is 329 Å². The van der Waals surface area contributed by atoms with Gasteiger partial charge in [0.15, 0.2) is 0 Å². The molecular weight excluding hydrogens is 721 g/mol. The summed E-state index contributed by atoms with van der Waals surface area (Å²) < 4.78 is 0. The summed E-state index contributed by atoms with van der Waals surface area (Å²) in [5, 5.41) is 6.11. The van der Waals surface area contributed by atoms with E-state index in [1.54, 1.807) is 0 Å². The molecular formula is C55H110N2O2. The summed E-state index contributed by atoms with van der Waals surface area (Å²) in [5.74, 6) is 0.259. The molecule has 0 bridgehead atoms. The second-order valence-electron chi connectivity index (χ2n) is 19.3. The highest BCUT2D eigenvalue weighted by Crippen LogP contribution is 2.18. The second kappa shape index (κ2) is 51.3. The van der Waals surface area contributed by atoms with Crippen molar-refractivity contribution >= 4 is 11.8 Å². The fourth-order valence-corrected chi connectivity index (χ4v) is 8.90. The molecule has 0 aromatic heterocycles. The highest BCUT2D eigenvalue weighted by Gasteiger charge is 2.09. The van der Waals surface area contributed by atoms with Crippen LogP contribution in [0.4, 0.5) is 0 Å². The lowest BCUT2D eigenvalue weighted by molar-refractivity contribution is -0.123. The average Bonchev–Trinajstić information content (AvgIpc) is 3.23. The molecule has 0 aliphatic carbocycles. The van der Waals surface area contributed by atoms with Crippen LogP contribution in [0.3, 0.4) is 0 Å². The summed E-state index contributed by atoms with van der Waals surface area (Å²) in [4.78, 5) is 24.7. The Morgan fingerprint density at radius 1 is 0.288 bits per heavy atom. The van der Waals surface area contributed by atoms with Crippen molar-refractivity contribution in [2.45, 2.75) is 335 Å². The van der Waals surface area contributed by atoms with E-state index in [2.05, 4.69) is 24.5 Å². The number of unbranched alkanes of at least 4 members (excludes halogenated alkanes) is 44. The zero-order valence-corrected chi connectivity index (χ0v) is 41.0. The van der Waals surface area contributed by atoms with E-state index >= 15 is 0 Å². The van der Waals surface area contributed by atoms with E-state index in [0.29, 0.717) is 19.4 Å². The van der Waals surface area contributed by atoms with Crippen LogP contribution >= 0.6 is 0 Å². The van der Waals surface area contributed by atoms with Crippen molar-refractivity contribution in [3.05, 3.63) is 0 Å². The van der Waals surface area contributed by atoms with E-state index < -0.39 is 0 Å². The number of hydrogen-bond acceptors (Lipinski definition) is 2. The van der Waals surface area contributed by atoms with Crippen molar-refractivity contribution in [3.8, 4) is 0 Å². The summed E-state index contributed by atoms with van der Waals surface area (Å²) in [5.41, 5.74) is 0. The lowest BCUT2D eigenvalue weighted by Gasteiger charge is -2.15. The normalized spacial score (nSPS) is 12.0. The van der Waals surface area contributed by atoms with Crippen molar-refractivity contribution in [2.24, 2.45) is 0 Å². The van der Waals surface area contributed by atoms with Gasteiger partial charge in [0.2, 0.25) is 11.8 Å². The molecule has 2 amide bonds. The zero-order valence-electron chi connectivity index (χ0n) is 41.0. The molecule has 0 aromatic carbocycles. The molecule has 59 heavy (non-hydrogen) atoms. The lowest BCUT2D eigenvalue weighted by atomic mass is 10.0. The fourth-order valence-electron chi connectivity index (χ4n) is 8.90. The van der Waals surface area contributed by atoms with Crippen LogP contribution in [0.2, 0.25) is 0 Å². The Balaban J connectivity index is 3.32. The quantitative estimate of drug-likeness (QED) is 0.0600. The van der Waals surface area contributed by atoms with Crippen LogP contribution < -0.4 is 10.6 Å². The SMILES string of the molecule is CCCCCCCCCCCCCCCCCCCCCCCCCC(=O)NCC(C)NC(=O)CCCCCCCCCCCCCCCCCCCCCCCCC. The monoisotopic (exact) mass is 831 g/mol. The maximum Gasteiger partial charge on any atom is 0.220 e. The van der Waals surface area contributed by atoms with E-state index in [1.807, 2.05) is 6.92 Å². The first-order valence-electron chi connectivity index (χ1n) is 27.7. The number of hydrogen-bond donors (Lipinski definition) is 2. The van der Waals surface area contributed by atoms with Crippen LogP contribution in [-0.2, 0) is 9.59 Å². The van der Waals surface area contributed by atoms with Crippen molar-refractivity contribution in [1.82, 2.24) is 10.6 Å². The highest BCUT2D eigenvalue weighted by molar-refractivity contribution is 5.77. The molecule has 352 valence electrons. The van der Waals surface area contributed by atoms with Gasteiger partial charge in [-0.05, 0) is 19.8 Å². The highest BCUT2D eigenvalue weighted by atomic mass is 16.2. The fraction of sp³-hybridized carbons (Fsp3) is 0.964. The van der Waals surface area contributed by atoms with Crippen molar-refractivity contribution in [3.63, 3.8) is 0 Å². The van der Waals surface area contributed by atoms with Crippen LogP contribution in [0.5, 0.6) is 0 Å². The smallest absolute Gasteiger partial charge is 0.220 e. The minimum atomic E-state index is -0.00893. The predicted octanol–water partition coefficient (Wildman–Crippen LogP) is 18.4. The summed E-state index contributed by atoms with van der Waals surface area (Å²) in [6, 6.07) is -0.00893. The standard InChI is InChI=1S/C55H110N2O2/c1-4-6-8-10-12-14-16-18-20-22-24-26-28-30-32-34-36-38-40-42-44-46-48-50-54(58)56-52-53(3)57-55(59)51-49-47-45-43-41-39-37-35-33-31-29-27-25-23-21-19-17-15-13-11-9-7-5-2/h53H,4-52H2,1-3H3,(H,56,58)(H,57,59). The van der Waals surface area contributed by atoms with E-state index in [-0.39, 0.29) is 17.9 Å². The first kappa shape index (κ1) is 57.9. The van der Waals surface area contributed by atoms with Gasteiger partial charge in [-0.25, -0.2) is 0 Å². The third kappa shape index (κ3) is 51.2. The van der Waals surface area contributed by atoms with Gasteiger partial charge < -0.3 is 10.6 Å². The second-order valence-corrected chi connectivity index (χ2v) is 19.3. The minimum absolute atomic E-state index is 0.00893. The van der Waals surface area contributed by atoms with Crippen LogP contribution in [0, 0.1) is 0 Å². The lowest BCUT2D eigenvalue weighted by Crippen LogP contribution is -2.41. The molecule has 1 atom stereocenters. The number of rotatable bonds is 51.